The fraction of sp³-hybridized carbons (Fsp3) is 0.867. The molecule has 0 heterocycles. The molecule has 0 bridgehead atoms. The van der Waals surface area contributed by atoms with Gasteiger partial charge < -0.3 is 0 Å². The molecule has 4 atom stereocenters. The van der Waals surface area contributed by atoms with E-state index in [9.17, 15) is 0 Å². The molecule has 15 heavy (non-hydrogen) atoms. The van der Waals surface area contributed by atoms with Gasteiger partial charge in [0.25, 0.3) is 0 Å². The van der Waals surface area contributed by atoms with E-state index >= 15 is 0 Å². The van der Waals surface area contributed by atoms with E-state index in [1.165, 1.54) is 37.7 Å². The van der Waals surface area contributed by atoms with E-state index < -0.39 is 0 Å². The molecule has 0 radical (unpaired) electrons. The first-order valence-electron chi connectivity index (χ1n) is 6.73. The normalized spacial score (nSPS) is 28.5. The number of hydrogen-bond donors (Lipinski definition) is 0. The molecule has 4 unspecified atom stereocenters. The van der Waals surface area contributed by atoms with Crippen LogP contribution in [-0.4, -0.2) is 0 Å². The maximum Gasteiger partial charge on any atom is -0.0177 e. The van der Waals surface area contributed by atoms with Gasteiger partial charge in [-0.15, -0.1) is 0 Å². The van der Waals surface area contributed by atoms with Crippen LogP contribution in [0.2, 0.25) is 0 Å². The van der Waals surface area contributed by atoms with Crippen molar-refractivity contribution in [3.63, 3.8) is 0 Å². The maximum absolute atomic E-state index is 4.23. The molecule has 1 aliphatic rings. The molecule has 0 nitrogen and oxygen atoms in total. The van der Waals surface area contributed by atoms with Gasteiger partial charge in [0.1, 0.15) is 0 Å². The molecule has 1 rings (SSSR count). The van der Waals surface area contributed by atoms with Crippen LogP contribution < -0.4 is 0 Å². The van der Waals surface area contributed by atoms with Crippen molar-refractivity contribution in [2.45, 2.75) is 59.8 Å². The van der Waals surface area contributed by atoms with Crippen LogP contribution in [0.3, 0.4) is 0 Å². The van der Waals surface area contributed by atoms with E-state index in [0.29, 0.717) is 0 Å². The zero-order valence-corrected chi connectivity index (χ0v) is 11.1. The second-order valence-corrected chi connectivity index (χ2v) is 5.73. The Morgan fingerprint density at radius 2 is 1.93 bits per heavy atom. The van der Waals surface area contributed by atoms with Gasteiger partial charge in [-0.25, -0.2) is 0 Å². The second kappa shape index (κ2) is 5.72. The summed E-state index contributed by atoms with van der Waals surface area (Å²) in [4.78, 5) is 0. The topological polar surface area (TPSA) is 0 Å². The summed E-state index contributed by atoms with van der Waals surface area (Å²) in [5, 5.41) is 0. The van der Waals surface area contributed by atoms with Gasteiger partial charge >= 0.3 is 0 Å². The molecule has 1 fully saturated rings. The van der Waals surface area contributed by atoms with Crippen LogP contribution in [0, 0.1) is 23.7 Å². The highest BCUT2D eigenvalue weighted by atomic mass is 14.4. The average molecular weight is 208 g/mol. The third kappa shape index (κ3) is 4.01. The van der Waals surface area contributed by atoms with Crippen molar-refractivity contribution in [1.29, 1.82) is 0 Å². The highest BCUT2D eigenvalue weighted by Crippen LogP contribution is 2.44. The highest BCUT2D eigenvalue weighted by Gasteiger charge is 2.34. The summed E-state index contributed by atoms with van der Waals surface area (Å²) in [5.41, 5.74) is 1.53. The molecule has 1 aliphatic carbocycles. The summed E-state index contributed by atoms with van der Waals surface area (Å²) in [6.07, 6.45) is 6.74. The molecule has 0 aliphatic heterocycles. The van der Waals surface area contributed by atoms with Crippen molar-refractivity contribution in [2.24, 2.45) is 23.7 Å². The lowest BCUT2D eigenvalue weighted by Crippen LogP contribution is -2.06. The van der Waals surface area contributed by atoms with Gasteiger partial charge in [-0.3, -0.25) is 0 Å². The Morgan fingerprint density at radius 1 is 1.33 bits per heavy atom. The average Bonchev–Trinajstić information content (AvgIpc) is 2.94. The van der Waals surface area contributed by atoms with Crippen molar-refractivity contribution in [2.75, 3.05) is 0 Å². The van der Waals surface area contributed by atoms with Crippen LogP contribution in [0.15, 0.2) is 12.2 Å². The third-order valence-corrected chi connectivity index (χ3v) is 4.41. The van der Waals surface area contributed by atoms with E-state index in [1.807, 2.05) is 0 Å². The quantitative estimate of drug-likeness (QED) is 0.513. The molecule has 0 aromatic heterocycles. The van der Waals surface area contributed by atoms with Gasteiger partial charge in [-0.05, 0) is 42.9 Å². The molecule has 0 saturated heterocycles. The molecule has 0 aromatic rings. The fourth-order valence-corrected chi connectivity index (χ4v) is 2.41. The van der Waals surface area contributed by atoms with Crippen LogP contribution in [0.4, 0.5) is 0 Å². The minimum atomic E-state index is 0.879. The Kier molecular flexibility index (Phi) is 4.89. The standard InChI is InChI=1S/C15H28/c1-6-11(2)12(3)8-7-9-13(4)15-10-14(15)5/h11-12,14-15H,4,6-10H2,1-3,5H3. The molecule has 0 spiro atoms. The summed E-state index contributed by atoms with van der Waals surface area (Å²) in [7, 11) is 0. The minimum absolute atomic E-state index is 0.879. The first-order chi connectivity index (χ1) is 7.06. The molecule has 1 saturated carbocycles. The smallest absolute Gasteiger partial charge is 0.0177 e. The lowest BCUT2D eigenvalue weighted by atomic mass is 9.88. The Hall–Kier alpha value is -0.260. The minimum Gasteiger partial charge on any atom is -0.0996 e. The summed E-state index contributed by atoms with van der Waals surface area (Å²) in [6.45, 7) is 13.6. The molecular weight excluding hydrogens is 180 g/mol. The summed E-state index contributed by atoms with van der Waals surface area (Å²) in [5.74, 6) is 3.59. The summed E-state index contributed by atoms with van der Waals surface area (Å²) < 4.78 is 0. The largest absolute Gasteiger partial charge is 0.0996 e. The van der Waals surface area contributed by atoms with E-state index in [1.54, 1.807) is 0 Å². The predicted molar refractivity (Wildman–Crippen MR) is 68.9 cm³/mol. The maximum atomic E-state index is 4.23. The lowest BCUT2D eigenvalue weighted by molar-refractivity contribution is 0.347. The van der Waals surface area contributed by atoms with Gasteiger partial charge in [0.15, 0.2) is 0 Å². The van der Waals surface area contributed by atoms with Crippen LogP contribution in [0.1, 0.15) is 59.8 Å². The van der Waals surface area contributed by atoms with Crippen molar-refractivity contribution in [1.82, 2.24) is 0 Å². The van der Waals surface area contributed by atoms with Gasteiger partial charge in [0, 0.05) is 0 Å². The first kappa shape index (κ1) is 12.8. The van der Waals surface area contributed by atoms with E-state index in [0.717, 1.165) is 23.7 Å². The third-order valence-electron chi connectivity index (χ3n) is 4.41. The molecule has 0 heteroatoms. The van der Waals surface area contributed by atoms with Crippen molar-refractivity contribution >= 4 is 0 Å². The first-order valence-corrected chi connectivity index (χ1v) is 6.73. The molecule has 88 valence electrons. The Labute approximate surface area is 96.2 Å². The van der Waals surface area contributed by atoms with E-state index in [-0.39, 0.29) is 0 Å². The van der Waals surface area contributed by atoms with Crippen LogP contribution in [0.5, 0.6) is 0 Å². The zero-order chi connectivity index (χ0) is 11.4. The van der Waals surface area contributed by atoms with Crippen LogP contribution in [0.25, 0.3) is 0 Å². The Bertz CT molecular complexity index is 204. The molecule has 0 amide bonds. The summed E-state index contributed by atoms with van der Waals surface area (Å²) >= 11 is 0. The second-order valence-electron chi connectivity index (χ2n) is 5.73. The van der Waals surface area contributed by atoms with Gasteiger partial charge in [-0.1, -0.05) is 52.7 Å². The number of allylic oxidation sites excluding steroid dienone is 1. The van der Waals surface area contributed by atoms with Crippen LogP contribution in [-0.2, 0) is 0 Å². The lowest BCUT2D eigenvalue weighted by Gasteiger charge is -2.18. The monoisotopic (exact) mass is 208 g/mol. The summed E-state index contributed by atoms with van der Waals surface area (Å²) in [6, 6.07) is 0. The van der Waals surface area contributed by atoms with Crippen LogP contribution >= 0.6 is 0 Å². The number of rotatable bonds is 7. The molecule has 0 aromatic carbocycles. The Balaban J connectivity index is 2.08. The van der Waals surface area contributed by atoms with Crippen molar-refractivity contribution < 1.29 is 0 Å². The van der Waals surface area contributed by atoms with Crippen molar-refractivity contribution in [3.05, 3.63) is 12.2 Å². The predicted octanol–water partition coefficient (Wildman–Crippen LogP) is 5.05. The van der Waals surface area contributed by atoms with E-state index in [2.05, 4.69) is 34.3 Å². The fourth-order valence-electron chi connectivity index (χ4n) is 2.41. The highest BCUT2D eigenvalue weighted by molar-refractivity contribution is 5.10. The zero-order valence-electron chi connectivity index (χ0n) is 11.1. The number of hydrogen-bond acceptors (Lipinski definition) is 0. The SMILES string of the molecule is C=C(CCCC(C)C(C)CC)C1CC1C. The molecule has 0 N–H and O–H groups in total. The van der Waals surface area contributed by atoms with E-state index in [4.69, 9.17) is 0 Å². The van der Waals surface area contributed by atoms with Gasteiger partial charge in [0.2, 0.25) is 0 Å². The van der Waals surface area contributed by atoms with Crippen molar-refractivity contribution in [3.8, 4) is 0 Å². The van der Waals surface area contributed by atoms with Gasteiger partial charge in [0.05, 0.1) is 0 Å². The Morgan fingerprint density at radius 3 is 2.40 bits per heavy atom. The molecular formula is C15H28. The van der Waals surface area contributed by atoms with Gasteiger partial charge in [-0.2, -0.15) is 0 Å².